The van der Waals surface area contributed by atoms with Crippen LogP contribution in [0.3, 0.4) is 0 Å². The van der Waals surface area contributed by atoms with Crippen LogP contribution in [-0.4, -0.2) is 29.9 Å². The summed E-state index contributed by atoms with van der Waals surface area (Å²) in [6.07, 6.45) is 2.07. The summed E-state index contributed by atoms with van der Waals surface area (Å²) >= 11 is 0. The highest BCUT2D eigenvalue weighted by atomic mass is 19.1. The summed E-state index contributed by atoms with van der Waals surface area (Å²) in [4.78, 5) is 13.1. The second-order valence-electron chi connectivity index (χ2n) is 7.37. The van der Waals surface area contributed by atoms with Gasteiger partial charge in [0.2, 0.25) is 0 Å². The molecule has 0 saturated carbocycles. The van der Waals surface area contributed by atoms with Gasteiger partial charge in [-0.1, -0.05) is 0 Å². The molecule has 1 aliphatic carbocycles. The van der Waals surface area contributed by atoms with Gasteiger partial charge in [-0.3, -0.25) is 4.79 Å². The number of benzene rings is 2. The third-order valence-electron chi connectivity index (χ3n) is 5.50. The number of fused-ring (bicyclic) bond motifs is 3. The number of aromatic nitrogens is 2. The molecular formula is C24H20FN3O4. The molecule has 0 atom stereocenters. The first-order valence-corrected chi connectivity index (χ1v) is 10.0. The topological polar surface area (TPSA) is 78.5 Å². The Kier molecular flexibility index (Phi) is 4.89. The van der Waals surface area contributed by atoms with E-state index in [0.717, 1.165) is 22.4 Å². The predicted octanol–water partition coefficient (Wildman–Crippen LogP) is 4.12. The summed E-state index contributed by atoms with van der Waals surface area (Å²) in [5.74, 6) is 1.17. The molecule has 2 aromatic carbocycles. The molecule has 1 N–H and O–H groups in total. The Hall–Kier alpha value is -4.07. The zero-order valence-corrected chi connectivity index (χ0v) is 17.5. The Morgan fingerprint density at radius 1 is 1.16 bits per heavy atom. The Balaban J connectivity index is 1.61. The smallest absolute Gasteiger partial charge is 0.272 e. The molecule has 0 aliphatic heterocycles. The molecular weight excluding hydrogens is 413 g/mol. The van der Waals surface area contributed by atoms with Gasteiger partial charge in [-0.25, -0.2) is 9.07 Å². The maximum atomic E-state index is 13.5. The van der Waals surface area contributed by atoms with E-state index in [-0.39, 0.29) is 18.3 Å². The van der Waals surface area contributed by atoms with Crippen LogP contribution < -0.4 is 14.8 Å². The number of nitrogens with zero attached hydrogens (tertiary/aromatic N) is 2. The highest BCUT2D eigenvalue weighted by Crippen LogP contribution is 2.44. The van der Waals surface area contributed by atoms with Gasteiger partial charge in [-0.2, -0.15) is 5.10 Å². The zero-order chi connectivity index (χ0) is 22.2. The van der Waals surface area contributed by atoms with E-state index < -0.39 is 0 Å². The number of furan rings is 1. The van der Waals surface area contributed by atoms with Crippen molar-refractivity contribution >= 4 is 5.91 Å². The second kappa shape index (κ2) is 7.88. The number of halogens is 1. The molecule has 0 unspecified atom stereocenters. The standard InChI is InChI=1S/C24H20FN3O4/c1-30-20-11-14-10-19-22(24(29)26-13-17-4-3-9-32-17)27-28(16-7-5-15(25)6-8-16)23(19)18(14)12-21(20)31-2/h3-9,11-12H,10,13H2,1-2H3,(H,26,29). The Labute approximate surface area is 183 Å². The van der Waals surface area contributed by atoms with Gasteiger partial charge in [0.1, 0.15) is 11.6 Å². The van der Waals surface area contributed by atoms with Crippen molar-refractivity contribution in [2.24, 2.45) is 0 Å². The van der Waals surface area contributed by atoms with Crippen LogP contribution in [0.15, 0.2) is 59.2 Å². The zero-order valence-electron chi connectivity index (χ0n) is 17.5. The fourth-order valence-electron chi connectivity index (χ4n) is 3.99. The Morgan fingerprint density at radius 3 is 2.59 bits per heavy atom. The fourth-order valence-corrected chi connectivity index (χ4v) is 3.99. The first kappa shape index (κ1) is 19.9. The minimum Gasteiger partial charge on any atom is -0.493 e. The van der Waals surface area contributed by atoms with Crippen molar-refractivity contribution in [3.8, 4) is 28.4 Å². The average molecular weight is 433 g/mol. The van der Waals surface area contributed by atoms with Gasteiger partial charge in [0.15, 0.2) is 17.2 Å². The van der Waals surface area contributed by atoms with Crippen molar-refractivity contribution in [3.63, 3.8) is 0 Å². The molecule has 4 aromatic rings. The highest BCUT2D eigenvalue weighted by Gasteiger charge is 2.32. The molecule has 2 aromatic heterocycles. The van der Waals surface area contributed by atoms with Crippen LogP contribution in [0.4, 0.5) is 4.39 Å². The molecule has 8 heteroatoms. The first-order chi connectivity index (χ1) is 15.6. The third-order valence-corrected chi connectivity index (χ3v) is 5.50. The summed E-state index contributed by atoms with van der Waals surface area (Å²) in [6.45, 7) is 0.249. The monoisotopic (exact) mass is 433 g/mol. The Morgan fingerprint density at radius 2 is 1.91 bits per heavy atom. The number of carbonyl (C=O) groups is 1. The van der Waals surface area contributed by atoms with Crippen LogP contribution in [0.1, 0.15) is 27.4 Å². The maximum Gasteiger partial charge on any atom is 0.272 e. The lowest BCUT2D eigenvalue weighted by Gasteiger charge is -2.12. The maximum absolute atomic E-state index is 13.5. The number of carbonyl (C=O) groups excluding carboxylic acids is 1. The van der Waals surface area contributed by atoms with Crippen molar-refractivity contribution in [3.05, 3.63) is 83.2 Å². The molecule has 2 heterocycles. The van der Waals surface area contributed by atoms with Gasteiger partial charge in [0, 0.05) is 17.5 Å². The van der Waals surface area contributed by atoms with E-state index in [0.29, 0.717) is 35.1 Å². The van der Waals surface area contributed by atoms with Crippen LogP contribution in [0.25, 0.3) is 16.9 Å². The number of hydrogen-bond donors (Lipinski definition) is 1. The van der Waals surface area contributed by atoms with Crippen molar-refractivity contribution in [1.29, 1.82) is 0 Å². The lowest BCUT2D eigenvalue weighted by atomic mass is 10.1. The SMILES string of the molecule is COc1cc2c(cc1OC)-c1c(c(C(=O)NCc3ccco3)nn1-c1ccc(F)cc1)C2. The van der Waals surface area contributed by atoms with E-state index >= 15 is 0 Å². The van der Waals surface area contributed by atoms with Crippen LogP contribution in [0.2, 0.25) is 0 Å². The quantitative estimate of drug-likeness (QED) is 0.436. The van der Waals surface area contributed by atoms with E-state index in [1.165, 1.54) is 12.1 Å². The van der Waals surface area contributed by atoms with Gasteiger partial charge in [-0.15, -0.1) is 0 Å². The summed E-state index contributed by atoms with van der Waals surface area (Å²) in [7, 11) is 3.16. The lowest BCUT2D eigenvalue weighted by molar-refractivity contribution is 0.0942. The van der Waals surface area contributed by atoms with Crippen molar-refractivity contribution < 1.29 is 23.1 Å². The largest absolute Gasteiger partial charge is 0.493 e. The number of methoxy groups -OCH3 is 2. The third kappa shape index (κ3) is 3.30. The van der Waals surface area contributed by atoms with E-state index in [2.05, 4.69) is 10.4 Å². The number of hydrogen-bond acceptors (Lipinski definition) is 5. The first-order valence-electron chi connectivity index (χ1n) is 10.0. The van der Waals surface area contributed by atoms with Gasteiger partial charge in [0.05, 0.1) is 38.4 Å². The minimum atomic E-state index is -0.347. The van der Waals surface area contributed by atoms with Crippen molar-refractivity contribution in [2.75, 3.05) is 14.2 Å². The molecule has 0 radical (unpaired) electrons. The molecule has 1 aliphatic rings. The van der Waals surface area contributed by atoms with Gasteiger partial charge in [0.25, 0.3) is 5.91 Å². The van der Waals surface area contributed by atoms with Gasteiger partial charge >= 0.3 is 0 Å². The minimum absolute atomic E-state index is 0.249. The van der Waals surface area contributed by atoms with Crippen LogP contribution in [0.5, 0.6) is 11.5 Å². The molecule has 0 bridgehead atoms. The number of nitrogens with one attached hydrogen (secondary N) is 1. The van der Waals surface area contributed by atoms with E-state index in [9.17, 15) is 9.18 Å². The molecule has 7 nitrogen and oxygen atoms in total. The number of amides is 1. The van der Waals surface area contributed by atoms with Gasteiger partial charge in [-0.05, 0) is 54.1 Å². The van der Waals surface area contributed by atoms with Crippen molar-refractivity contribution in [1.82, 2.24) is 15.1 Å². The van der Waals surface area contributed by atoms with Crippen LogP contribution in [0, 0.1) is 5.82 Å². The molecule has 0 fully saturated rings. The van der Waals surface area contributed by atoms with E-state index in [4.69, 9.17) is 13.9 Å². The predicted molar refractivity (Wildman–Crippen MR) is 115 cm³/mol. The fraction of sp³-hybridized carbons (Fsp3) is 0.167. The number of ether oxygens (including phenoxy) is 2. The highest BCUT2D eigenvalue weighted by molar-refractivity contribution is 5.97. The van der Waals surface area contributed by atoms with Crippen LogP contribution in [-0.2, 0) is 13.0 Å². The molecule has 0 spiro atoms. The Bertz CT molecular complexity index is 1290. The molecule has 5 rings (SSSR count). The molecule has 32 heavy (non-hydrogen) atoms. The number of rotatable bonds is 6. The second-order valence-corrected chi connectivity index (χ2v) is 7.37. The van der Waals surface area contributed by atoms with E-state index in [1.54, 1.807) is 49.4 Å². The lowest BCUT2D eigenvalue weighted by Crippen LogP contribution is -2.24. The average Bonchev–Trinajstić information content (AvgIpc) is 3.53. The summed E-state index contributed by atoms with van der Waals surface area (Å²) in [5.41, 5.74) is 4.40. The molecule has 1 amide bonds. The van der Waals surface area contributed by atoms with Crippen molar-refractivity contribution in [2.45, 2.75) is 13.0 Å². The summed E-state index contributed by atoms with van der Waals surface area (Å²) in [6, 6.07) is 13.3. The summed E-state index contributed by atoms with van der Waals surface area (Å²) in [5, 5.41) is 7.47. The molecule has 162 valence electrons. The summed E-state index contributed by atoms with van der Waals surface area (Å²) < 4.78 is 31.4. The van der Waals surface area contributed by atoms with Gasteiger partial charge < -0.3 is 19.2 Å². The molecule has 0 saturated heterocycles. The normalized spacial score (nSPS) is 11.7. The van der Waals surface area contributed by atoms with E-state index in [1.807, 2.05) is 12.1 Å². The van der Waals surface area contributed by atoms with Crippen LogP contribution >= 0.6 is 0 Å².